The van der Waals surface area contributed by atoms with Gasteiger partial charge in [-0.05, 0) is 58.5 Å². The van der Waals surface area contributed by atoms with Gasteiger partial charge in [-0.25, -0.2) is 0 Å². The first-order chi connectivity index (χ1) is 9.58. The smallest absolute Gasteiger partial charge is 0.307 e. The average Bonchev–Trinajstić information content (AvgIpc) is 2.42. The van der Waals surface area contributed by atoms with Crippen molar-refractivity contribution in [3.05, 3.63) is 51.6 Å². The van der Waals surface area contributed by atoms with Gasteiger partial charge in [0.25, 0.3) is 0 Å². The van der Waals surface area contributed by atoms with E-state index in [0.29, 0.717) is 0 Å². The van der Waals surface area contributed by atoms with Crippen molar-refractivity contribution in [1.29, 1.82) is 0 Å². The van der Waals surface area contributed by atoms with Gasteiger partial charge in [0.15, 0.2) is 0 Å². The van der Waals surface area contributed by atoms with Crippen molar-refractivity contribution in [1.82, 2.24) is 0 Å². The molecule has 3 nitrogen and oxygen atoms in total. The summed E-state index contributed by atoms with van der Waals surface area (Å²) >= 11 is 3.93. The molecule has 104 valence electrons. The SMILES string of the molecule is COc1ccc(Sc2ccc(CC(=O)O)cc2)c(I)c1. The van der Waals surface area contributed by atoms with E-state index in [9.17, 15) is 4.79 Å². The van der Waals surface area contributed by atoms with Crippen LogP contribution in [0, 0.1) is 3.57 Å². The fourth-order valence-electron chi connectivity index (χ4n) is 1.67. The molecular formula is C15H13IO3S. The number of hydrogen-bond donors (Lipinski definition) is 1. The maximum absolute atomic E-state index is 10.6. The largest absolute Gasteiger partial charge is 0.497 e. The van der Waals surface area contributed by atoms with Crippen LogP contribution in [-0.2, 0) is 11.2 Å². The number of hydrogen-bond acceptors (Lipinski definition) is 3. The molecule has 0 amide bonds. The molecule has 0 atom stereocenters. The van der Waals surface area contributed by atoms with E-state index in [1.165, 1.54) is 0 Å². The van der Waals surface area contributed by atoms with Crippen molar-refractivity contribution < 1.29 is 14.6 Å². The fourth-order valence-corrected chi connectivity index (χ4v) is 3.30. The van der Waals surface area contributed by atoms with E-state index in [0.717, 1.165) is 24.7 Å². The molecule has 0 unspecified atom stereocenters. The highest BCUT2D eigenvalue weighted by atomic mass is 127. The Labute approximate surface area is 135 Å². The minimum Gasteiger partial charge on any atom is -0.497 e. The summed E-state index contributed by atoms with van der Waals surface area (Å²) in [5.74, 6) is 0.0330. The van der Waals surface area contributed by atoms with Crippen LogP contribution in [0.4, 0.5) is 0 Å². The molecule has 0 aliphatic rings. The minimum atomic E-state index is -0.810. The van der Waals surface area contributed by atoms with Crippen molar-refractivity contribution >= 4 is 40.3 Å². The van der Waals surface area contributed by atoms with Crippen LogP contribution in [0.1, 0.15) is 5.56 Å². The van der Waals surface area contributed by atoms with Crippen molar-refractivity contribution in [2.75, 3.05) is 7.11 Å². The first-order valence-corrected chi connectivity index (χ1v) is 7.80. The molecule has 0 saturated carbocycles. The quantitative estimate of drug-likeness (QED) is 0.769. The molecule has 0 aliphatic heterocycles. The summed E-state index contributed by atoms with van der Waals surface area (Å²) in [4.78, 5) is 12.9. The Morgan fingerprint density at radius 3 is 2.50 bits per heavy atom. The summed E-state index contributed by atoms with van der Waals surface area (Å²) in [6.07, 6.45) is 0.0605. The lowest BCUT2D eigenvalue weighted by Gasteiger charge is -2.07. The lowest BCUT2D eigenvalue weighted by Crippen LogP contribution is -1.99. The van der Waals surface area contributed by atoms with Crippen molar-refractivity contribution in [2.24, 2.45) is 0 Å². The highest BCUT2D eigenvalue weighted by molar-refractivity contribution is 14.1. The van der Waals surface area contributed by atoms with Gasteiger partial charge >= 0.3 is 5.97 Å². The number of halogens is 1. The topological polar surface area (TPSA) is 46.5 Å². The molecule has 0 bridgehead atoms. The number of carbonyl (C=O) groups is 1. The normalized spacial score (nSPS) is 10.3. The predicted molar refractivity (Wildman–Crippen MR) is 87.6 cm³/mol. The minimum absolute atomic E-state index is 0.0605. The first-order valence-electron chi connectivity index (χ1n) is 5.90. The van der Waals surface area contributed by atoms with Crippen LogP contribution in [0.2, 0.25) is 0 Å². The zero-order valence-corrected chi connectivity index (χ0v) is 13.8. The van der Waals surface area contributed by atoms with Crippen molar-refractivity contribution in [2.45, 2.75) is 16.2 Å². The molecule has 0 radical (unpaired) electrons. The van der Waals surface area contributed by atoms with Gasteiger partial charge in [0.2, 0.25) is 0 Å². The van der Waals surface area contributed by atoms with E-state index in [1.54, 1.807) is 18.9 Å². The zero-order valence-electron chi connectivity index (χ0n) is 10.8. The molecule has 0 aliphatic carbocycles. The van der Waals surface area contributed by atoms with Gasteiger partial charge in [0.05, 0.1) is 13.5 Å². The van der Waals surface area contributed by atoms with Gasteiger partial charge in [-0.3, -0.25) is 4.79 Å². The lowest BCUT2D eigenvalue weighted by atomic mass is 10.2. The zero-order chi connectivity index (χ0) is 14.5. The summed E-state index contributed by atoms with van der Waals surface area (Å²) in [7, 11) is 1.65. The third-order valence-electron chi connectivity index (χ3n) is 2.65. The van der Waals surface area contributed by atoms with Crippen LogP contribution in [0.5, 0.6) is 5.75 Å². The summed E-state index contributed by atoms with van der Waals surface area (Å²) in [5, 5.41) is 8.74. The maximum Gasteiger partial charge on any atom is 0.307 e. The number of carboxylic acids is 1. The summed E-state index contributed by atoms with van der Waals surface area (Å²) in [5.41, 5.74) is 0.811. The summed E-state index contributed by atoms with van der Waals surface area (Å²) in [6, 6.07) is 13.5. The Morgan fingerprint density at radius 1 is 1.25 bits per heavy atom. The van der Waals surface area contributed by atoms with Crippen LogP contribution < -0.4 is 4.74 Å². The second kappa shape index (κ2) is 6.99. The highest BCUT2D eigenvalue weighted by Gasteiger charge is 2.05. The second-order valence-corrected chi connectivity index (χ2v) is 6.39. The van der Waals surface area contributed by atoms with Gasteiger partial charge in [0, 0.05) is 13.4 Å². The monoisotopic (exact) mass is 400 g/mol. The Bertz CT molecular complexity index is 611. The molecule has 2 rings (SSSR count). The molecule has 2 aromatic carbocycles. The van der Waals surface area contributed by atoms with E-state index < -0.39 is 5.97 Å². The van der Waals surface area contributed by atoms with Crippen molar-refractivity contribution in [3.8, 4) is 5.75 Å². The van der Waals surface area contributed by atoms with E-state index in [-0.39, 0.29) is 6.42 Å². The molecule has 2 aromatic rings. The second-order valence-electron chi connectivity index (χ2n) is 4.11. The third-order valence-corrected chi connectivity index (χ3v) is 4.99. The van der Waals surface area contributed by atoms with Gasteiger partial charge in [-0.2, -0.15) is 0 Å². The Morgan fingerprint density at radius 2 is 1.95 bits per heavy atom. The number of benzene rings is 2. The number of rotatable bonds is 5. The first kappa shape index (κ1) is 15.2. The van der Waals surface area contributed by atoms with Crippen LogP contribution in [0.15, 0.2) is 52.3 Å². The molecule has 0 spiro atoms. The number of methoxy groups -OCH3 is 1. The van der Waals surface area contributed by atoms with E-state index >= 15 is 0 Å². The molecular weight excluding hydrogens is 387 g/mol. The molecule has 5 heteroatoms. The van der Waals surface area contributed by atoms with E-state index in [1.807, 2.05) is 42.5 Å². The third kappa shape index (κ3) is 4.14. The van der Waals surface area contributed by atoms with Crippen LogP contribution in [0.3, 0.4) is 0 Å². The average molecular weight is 400 g/mol. The van der Waals surface area contributed by atoms with Gasteiger partial charge in [0.1, 0.15) is 5.75 Å². The van der Waals surface area contributed by atoms with Crippen LogP contribution >= 0.6 is 34.4 Å². The molecule has 0 saturated heterocycles. The Balaban J connectivity index is 2.12. The van der Waals surface area contributed by atoms with E-state index in [4.69, 9.17) is 9.84 Å². The maximum atomic E-state index is 10.6. The Hall–Kier alpha value is -1.21. The van der Waals surface area contributed by atoms with Gasteiger partial charge in [-0.15, -0.1) is 0 Å². The van der Waals surface area contributed by atoms with Crippen LogP contribution in [-0.4, -0.2) is 18.2 Å². The standard InChI is InChI=1S/C15H13IO3S/c1-19-11-4-7-14(13(16)9-11)20-12-5-2-10(3-6-12)8-15(17)18/h2-7,9H,8H2,1H3,(H,17,18). The molecule has 0 heterocycles. The molecule has 0 fully saturated rings. The highest BCUT2D eigenvalue weighted by Crippen LogP contribution is 2.33. The van der Waals surface area contributed by atoms with Crippen LogP contribution in [0.25, 0.3) is 0 Å². The Kier molecular flexibility index (Phi) is 5.31. The summed E-state index contributed by atoms with van der Waals surface area (Å²) < 4.78 is 6.31. The van der Waals surface area contributed by atoms with Gasteiger partial charge in [-0.1, -0.05) is 23.9 Å². The molecule has 1 N–H and O–H groups in total. The number of carboxylic acid groups (broad SMARTS) is 1. The number of ether oxygens (including phenoxy) is 1. The van der Waals surface area contributed by atoms with Gasteiger partial charge < -0.3 is 9.84 Å². The van der Waals surface area contributed by atoms with Crippen molar-refractivity contribution in [3.63, 3.8) is 0 Å². The van der Waals surface area contributed by atoms with E-state index in [2.05, 4.69) is 22.6 Å². The number of aliphatic carboxylic acids is 1. The summed E-state index contributed by atoms with van der Waals surface area (Å²) in [6.45, 7) is 0. The molecule has 20 heavy (non-hydrogen) atoms. The predicted octanol–water partition coefficient (Wildman–Crippen LogP) is 4.08. The fraction of sp³-hybridized carbons (Fsp3) is 0.133. The molecule has 0 aromatic heterocycles. The lowest BCUT2D eigenvalue weighted by molar-refractivity contribution is -0.136.